The van der Waals surface area contributed by atoms with Crippen molar-refractivity contribution < 1.29 is 29.0 Å². The Kier molecular flexibility index (Phi) is 10.6. The number of amides is 2. The lowest BCUT2D eigenvalue weighted by molar-refractivity contribution is -0.121. The maximum Gasteiger partial charge on any atom is 0.410 e. The van der Waals surface area contributed by atoms with Gasteiger partial charge in [0.05, 0.1) is 0 Å². The molecule has 0 radical (unpaired) electrons. The lowest BCUT2D eigenvalue weighted by Gasteiger charge is -2.49. The highest BCUT2D eigenvalue weighted by molar-refractivity contribution is 5.81. The molecule has 0 aromatic heterocycles. The number of likely N-dealkylation sites (tertiary alicyclic amines) is 3. The number of rotatable bonds is 2. The molecule has 9 nitrogen and oxygen atoms in total. The first-order valence-electron chi connectivity index (χ1n) is 13.5. The van der Waals surface area contributed by atoms with E-state index in [4.69, 9.17) is 9.47 Å². The highest BCUT2D eigenvalue weighted by atomic mass is 16.6. The van der Waals surface area contributed by atoms with Crippen molar-refractivity contribution in [1.29, 1.82) is 0 Å². The van der Waals surface area contributed by atoms with Crippen LogP contribution in [-0.4, -0.2) is 100 Å². The molecule has 3 fully saturated rings. The van der Waals surface area contributed by atoms with E-state index >= 15 is 0 Å². The first-order chi connectivity index (χ1) is 16.6. The van der Waals surface area contributed by atoms with Crippen LogP contribution >= 0.6 is 0 Å². The molecular weight excluding hydrogens is 462 g/mol. The average molecular weight is 512 g/mol. The molecule has 0 atom stereocenters. The number of carbonyl (C=O) groups is 3. The third-order valence-electron chi connectivity index (χ3n) is 7.10. The summed E-state index contributed by atoms with van der Waals surface area (Å²) < 4.78 is 10.7. The Balaban J connectivity index is 0.000000281. The molecule has 0 saturated carbocycles. The highest BCUT2D eigenvalue weighted by Crippen LogP contribution is 2.32. The summed E-state index contributed by atoms with van der Waals surface area (Å²) in [4.78, 5) is 40.6. The molecular formula is C27H49N3O6. The third kappa shape index (κ3) is 9.88. The normalized spacial score (nSPS) is 21.9. The van der Waals surface area contributed by atoms with Crippen molar-refractivity contribution >= 4 is 18.0 Å². The number of ether oxygens (including phenoxy) is 2. The molecule has 0 aromatic rings. The Bertz CT molecular complexity index is 732. The number of carbonyl (C=O) groups excluding carboxylic acids is 3. The van der Waals surface area contributed by atoms with Crippen LogP contribution in [0.25, 0.3) is 0 Å². The third-order valence-corrected chi connectivity index (χ3v) is 7.10. The van der Waals surface area contributed by atoms with Gasteiger partial charge in [-0.15, -0.1) is 0 Å². The topological polar surface area (TPSA) is 99.6 Å². The van der Waals surface area contributed by atoms with Gasteiger partial charge in [0.2, 0.25) is 0 Å². The molecule has 3 aliphatic rings. The maximum atomic E-state index is 12.1. The van der Waals surface area contributed by atoms with Crippen LogP contribution in [0.5, 0.6) is 0 Å². The molecule has 1 N–H and O–H groups in total. The summed E-state index contributed by atoms with van der Waals surface area (Å²) in [5.41, 5.74) is -0.707. The van der Waals surface area contributed by atoms with Gasteiger partial charge in [0.15, 0.2) is 0 Å². The quantitative estimate of drug-likeness (QED) is 0.597. The lowest BCUT2D eigenvalue weighted by Crippen LogP contribution is -2.56. The molecule has 0 aromatic carbocycles. The number of hydrogen-bond donors (Lipinski definition) is 1. The van der Waals surface area contributed by atoms with Crippen LogP contribution in [0.2, 0.25) is 0 Å². The standard InChI is InChI=1S/C17H32N2O3.C10H17NO3/c1-16(2,3)22-15(21)18-11-7-17(4,8-12-18)19-9-5-14(13-20)6-10-19;1-10(2,3)14-9(13)11-6-4-8(12)5-7-11/h14,20H,5-13H2,1-4H3;4-7H2,1-3H3. The van der Waals surface area contributed by atoms with Gasteiger partial charge in [0.25, 0.3) is 0 Å². The summed E-state index contributed by atoms with van der Waals surface area (Å²) in [7, 11) is 0. The fourth-order valence-electron chi connectivity index (χ4n) is 4.73. The van der Waals surface area contributed by atoms with Crippen molar-refractivity contribution in [2.75, 3.05) is 45.9 Å². The van der Waals surface area contributed by atoms with E-state index in [1.165, 1.54) is 0 Å². The number of nitrogens with zero attached hydrogens (tertiary/aromatic N) is 3. The van der Waals surface area contributed by atoms with Crippen molar-refractivity contribution in [2.45, 2.75) is 104 Å². The molecule has 3 aliphatic heterocycles. The van der Waals surface area contributed by atoms with Gasteiger partial charge in [-0.2, -0.15) is 0 Å². The molecule has 208 valence electrons. The Hall–Kier alpha value is -1.87. The second-order valence-electron chi connectivity index (χ2n) is 12.6. The molecule has 3 heterocycles. The second kappa shape index (κ2) is 12.6. The van der Waals surface area contributed by atoms with Crippen molar-refractivity contribution in [1.82, 2.24) is 14.7 Å². The van der Waals surface area contributed by atoms with Gasteiger partial charge in [-0.05, 0) is 93.2 Å². The zero-order chi connectivity index (χ0) is 27.1. The number of ketones is 1. The van der Waals surface area contributed by atoms with Gasteiger partial charge in [0.1, 0.15) is 17.0 Å². The predicted octanol–water partition coefficient (Wildman–Crippen LogP) is 4.07. The Morgan fingerprint density at radius 3 is 1.64 bits per heavy atom. The number of aliphatic hydroxyl groups is 1. The fourth-order valence-corrected chi connectivity index (χ4v) is 4.73. The van der Waals surface area contributed by atoms with Crippen LogP contribution in [0, 0.1) is 5.92 Å². The van der Waals surface area contributed by atoms with Crippen molar-refractivity contribution in [3.63, 3.8) is 0 Å². The Labute approximate surface area is 217 Å². The zero-order valence-corrected chi connectivity index (χ0v) is 23.6. The molecule has 0 spiro atoms. The summed E-state index contributed by atoms with van der Waals surface area (Å²) in [6.07, 6.45) is 4.58. The van der Waals surface area contributed by atoms with Crippen LogP contribution in [0.1, 0.15) is 87.0 Å². The van der Waals surface area contributed by atoms with E-state index in [0.29, 0.717) is 38.5 Å². The van der Waals surface area contributed by atoms with E-state index in [0.717, 1.165) is 51.9 Å². The van der Waals surface area contributed by atoms with E-state index in [9.17, 15) is 19.5 Å². The van der Waals surface area contributed by atoms with Crippen LogP contribution < -0.4 is 0 Å². The SMILES string of the molecule is CC(C)(C)OC(=O)N1CCC(=O)CC1.CC(C)(C)OC(=O)N1CCC(C)(N2CCC(CO)CC2)CC1. The molecule has 36 heavy (non-hydrogen) atoms. The lowest BCUT2D eigenvalue weighted by atomic mass is 9.84. The van der Waals surface area contributed by atoms with Gasteiger partial charge in [-0.1, -0.05) is 0 Å². The van der Waals surface area contributed by atoms with Gasteiger partial charge in [0, 0.05) is 51.2 Å². The summed E-state index contributed by atoms with van der Waals surface area (Å²) in [5.74, 6) is 0.700. The van der Waals surface area contributed by atoms with Crippen LogP contribution in [-0.2, 0) is 14.3 Å². The number of Topliss-reactive ketones (excluding diaryl/α,β-unsaturated/α-hetero) is 1. The van der Waals surface area contributed by atoms with E-state index in [2.05, 4.69) is 11.8 Å². The highest BCUT2D eigenvalue weighted by Gasteiger charge is 2.39. The van der Waals surface area contributed by atoms with E-state index in [1.54, 1.807) is 4.90 Å². The molecule has 0 bridgehead atoms. The van der Waals surface area contributed by atoms with Crippen LogP contribution in [0.4, 0.5) is 9.59 Å². The van der Waals surface area contributed by atoms with Gasteiger partial charge in [-0.3, -0.25) is 9.69 Å². The second-order valence-corrected chi connectivity index (χ2v) is 12.6. The van der Waals surface area contributed by atoms with E-state index < -0.39 is 11.2 Å². The molecule has 0 unspecified atom stereocenters. The Morgan fingerprint density at radius 2 is 1.25 bits per heavy atom. The first-order valence-corrected chi connectivity index (χ1v) is 13.5. The van der Waals surface area contributed by atoms with Gasteiger partial charge < -0.3 is 24.4 Å². The van der Waals surface area contributed by atoms with Crippen molar-refractivity contribution in [2.24, 2.45) is 5.92 Å². The first kappa shape index (κ1) is 30.4. The van der Waals surface area contributed by atoms with Gasteiger partial charge in [-0.25, -0.2) is 9.59 Å². The van der Waals surface area contributed by atoms with Crippen LogP contribution in [0.3, 0.4) is 0 Å². The smallest absolute Gasteiger partial charge is 0.410 e. The molecule has 3 saturated heterocycles. The molecule has 9 heteroatoms. The van der Waals surface area contributed by atoms with E-state index in [1.807, 2.05) is 46.4 Å². The maximum absolute atomic E-state index is 12.1. The Morgan fingerprint density at radius 1 is 0.833 bits per heavy atom. The largest absolute Gasteiger partial charge is 0.444 e. The summed E-state index contributed by atoms with van der Waals surface area (Å²) in [6, 6.07) is 0. The monoisotopic (exact) mass is 511 g/mol. The predicted molar refractivity (Wildman–Crippen MR) is 139 cm³/mol. The molecule has 0 aliphatic carbocycles. The fraction of sp³-hybridized carbons (Fsp3) is 0.889. The minimum Gasteiger partial charge on any atom is -0.444 e. The number of aliphatic hydroxyl groups excluding tert-OH is 1. The minimum atomic E-state index is -0.460. The summed E-state index contributed by atoms with van der Waals surface area (Å²) in [6.45, 7) is 18.5. The number of piperidine rings is 3. The molecule has 2 amide bonds. The summed E-state index contributed by atoms with van der Waals surface area (Å²) in [5, 5.41) is 9.26. The van der Waals surface area contributed by atoms with E-state index in [-0.39, 0.29) is 23.5 Å². The molecule has 3 rings (SSSR count). The summed E-state index contributed by atoms with van der Waals surface area (Å²) >= 11 is 0. The van der Waals surface area contributed by atoms with Crippen molar-refractivity contribution in [3.05, 3.63) is 0 Å². The minimum absolute atomic E-state index is 0.180. The van der Waals surface area contributed by atoms with Crippen molar-refractivity contribution in [3.8, 4) is 0 Å². The average Bonchev–Trinajstić information content (AvgIpc) is 2.78. The van der Waals surface area contributed by atoms with Crippen LogP contribution in [0.15, 0.2) is 0 Å². The zero-order valence-electron chi connectivity index (χ0n) is 23.6. The number of hydrogen-bond acceptors (Lipinski definition) is 7. The van der Waals surface area contributed by atoms with Gasteiger partial charge >= 0.3 is 12.2 Å².